The number of carbonyl (C=O) groups is 1. The number of imidazole rings is 1. The van der Waals surface area contributed by atoms with Crippen molar-refractivity contribution in [3.8, 4) is 11.4 Å². The number of halogens is 3. The first kappa shape index (κ1) is 17.6. The predicted octanol–water partition coefficient (Wildman–Crippen LogP) is 3.69. The molecule has 10 heteroatoms. The maximum absolute atomic E-state index is 13.3. The lowest BCUT2D eigenvalue weighted by atomic mass is 10.1. The molecule has 0 saturated carbocycles. The minimum absolute atomic E-state index is 0.0322. The van der Waals surface area contributed by atoms with Crippen LogP contribution in [0.4, 0.5) is 19.0 Å². The predicted molar refractivity (Wildman–Crippen MR) is 94.3 cm³/mol. The Balaban J connectivity index is 1.78. The summed E-state index contributed by atoms with van der Waals surface area (Å²) in [7, 11) is 0. The molecule has 4 aromatic rings. The molecule has 0 saturated heterocycles. The Morgan fingerprint density at radius 1 is 1.04 bits per heavy atom. The quantitative estimate of drug-likeness (QED) is 0.562. The molecular weight excluding hydrogens is 373 g/mol. The Bertz CT molecular complexity index is 1160. The van der Waals surface area contributed by atoms with Crippen molar-refractivity contribution in [2.45, 2.75) is 6.18 Å². The fraction of sp³-hybridized carbons (Fsp3) is 0.0556. The SMILES string of the molecule is O=C(Nc1cnccn1)c1ccnc2nc(-c3ccccc3C(F)(F)F)[nH]c12. The lowest BCUT2D eigenvalue weighted by Gasteiger charge is -2.10. The van der Waals surface area contributed by atoms with Crippen LogP contribution in [-0.2, 0) is 6.18 Å². The maximum atomic E-state index is 13.3. The van der Waals surface area contributed by atoms with Gasteiger partial charge in [0.1, 0.15) is 5.82 Å². The highest BCUT2D eigenvalue weighted by atomic mass is 19.4. The number of alkyl halides is 3. The summed E-state index contributed by atoms with van der Waals surface area (Å²) in [5, 5.41) is 2.57. The number of hydrogen-bond donors (Lipinski definition) is 2. The Kier molecular flexibility index (Phi) is 4.22. The first-order valence-corrected chi connectivity index (χ1v) is 8.02. The molecule has 0 unspecified atom stereocenters. The Morgan fingerprint density at radius 3 is 2.61 bits per heavy atom. The number of aromatic nitrogens is 5. The molecule has 3 heterocycles. The summed E-state index contributed by atoms with van der Waals surface area (Å²) in [5.41, 5.74) is -0.457. The average Bonchev–Trinajstić information content (AvgIpc) is 3.12. The number of fused-ring (bicyclic) bond motifs is 1. The fourth-order valence-electron chi connectivity index (χ4n) is 2.71. The van der Waals surface area contributed by atoms with Crippen LogP contribution in [0.25, 0.3) is 22.6 Å². The molecule has 0 aliphatic carbocycles. The zero-order valence-corrected chi connectivity index (χ0v) is 14.0. The Hall–Kier alpha value is -3.82. The molecule has 3 aromatic heterocycles. The summed E-state index contributed by atoms with van der Waals surface area (Å²) in [6.45, 7) is 0. The molecule has 7 nitrogen and oxygen atoms in total. The number of aromatic amines is 1. The van der Waals surface area contributed by atoms with Crippen LogP contribution in [0.3, 0.4) is 0 Å². The van der Waals surface area contributed by atoms with Gasteiger partial charge in [0, 0.05) is 24.2 Å². The zero-order chi connectivity index (χ0) is 19.7. The summed E-state index contributed by atoms with van der Waals surface area (Å²) < 4.78 is 39.9. The van der Waals surface area contributed by atoms with Crippen LogP contribution < -0.4 is 5.32 Å². The number of anilines is 1. The minimum Gasteiger partial charge on any atom is -0.336 e. The second-order valence-electron chi connectivity index (χ2n) is 5.73. The Morgan fingerprint density at radius 2 is 1.86 bits per heavy atom. The summed E-state index contributed by atoms with van der Waals surface area (Å²) in [6.07, 6.45) is 1.05. The topological polar surface area (TPSA) is 96.5 Å². The second-order valence-corrected chi connectivity index (χ2v) is 5.73. The summed E-state index contributed by atoms with van der Waals surface area (Å²) >= 11 is 0. The molecule has 0 radical (unpaired) electrons. The van der Waals surface area contributed by atoms with Crippen molar-refractivity contribution in [3.05, 3.63) is 66.2 Å². The molecule has 140 valence electrons. The van der Waals surface area contributed by atoms with E-state index >= 15 is 0 Å². The number of benzene rings is 1. The van der Waals surface area contributed by atoms with E-state index in [1.54, 1.807) is 0 Å². The molecule has 1 aromatic carbocycles. The van der Waals surface area contributed by atoms with E-state index in [1.807, 2.05) is 0 Å². The van der Waals surface area contributed by atoms with E-state index in [1.165, 1.54) is 49.1 Å². The van der Waals surface area contributed by atoms with Crippen molar-refractivity contribution in [2.75, 3.05) is 5.32 Å². The highest BCUT2D eigenvalue weighted by Crippen LogP contribution is 2.36. The third kappa shape index (κ3) is 3.27. The Labute approximate surface area is 155 Å². The largest absolute Gasteiger partial charge is 0.417 e. The van der Waals surface area contributed by atoms with Gasteiger partial charge >= 0.3 is 6.18 Å². The smallest absolute Gasteiger partial charge is 0.336 e. The molecule has 0 spiro atoms. The van der Waals surface area contributed by atoms with Gasteiger partial charge in [-0.3, -0.25) is 9.78 Å². The van der Waals surface area contributed by atoms with Crippen LogP contribution in [0.15, 0.2) is 55.1 Å². The molecule has 0 bridgehead atoms. The van der Waals surface area contributed by atoms with Crippen molar-refractivity contribution in [1.29, 1.82) is 0 Å². The van der Waals surface area contributed by atoms with Crippen LogP contribution in [0.1, 0.15) is 15.9 Å². The van der Waals surface area contributed by atoms with Gasteiger partial charge in [-0.2, -0.15) is 13.2 Å². The van der Waals surface area contributed by atoms with E-state index in [-0.39, 0.29) is 33.9 Å². The number of amides is 1. The molecule has 1 amide bonds. The third-order valence-corrected chi connectivity index (χ3v) is 3.93. The van der Waals surface area contributed by atoms with Crippen molar-refractivity contribution in [3.63, 3.8) is 0 Å². The number of rotatable bonds is 3. The molecular formula is C18H11F3N6O. The van der Waals surface area contributed by atoms with Gasteiger partial charge in [-0.1, -0.05) is 18.2 Å². The van der Waals surface area contributed by atoms with Crippen LogP contribution in [0, 0.1) is 0 Å². The molecule has 0 fully saturated rings. The standard InChI is InChI=1S/C18H11F3N6O/c19-18(20,21)12-4-2-1-3-10(12)15-26-14-11(5-6-24-16(14)27-15)17(28)25-13-9-22-7-8-23-13/h1-9H,(H,23,25,28)(H,24,26,27). The summed E-state index contributed by atoms with van der Waals surface area (Å²) in [4.78, 5) is 31.3. The van der Waals surface area contributed by atoms with Crippen LogP contribution in [0.2, 0.25) is 0 Å². The van der Waals surface area contributed by atoms with Crippen molar-refractivity contribution >= 4 is 22.9 Å². The number of H-pyrrole nitrogens is 1. The van der Waals surface area contributed by atoms with Crippen molar-refractivity contribution in [1.82, 2.24) is 24.9 Å². The first-order valence-electron chi connectivity index (χ1n) is 8.02. The first-order chi connectivity index (χ1) is 13.4. The maximum Gasteiger partial charge on any atom is 0.417 e. The molecule has 4 rings (SSSR count). The lowest BCUT2D eigenvalue weighted by Crippen LogP contribution is -2.13. The third-order valence-electron chi connectivity index (χ3n) is 3.93. The lowest BCUT2D eigenvalue weighted by molar-refractivity contribution is -0.137. The van der Waals surface area contributed by atoms with Crippen molar-refractivity contribution < 1.29 is 18.0 Å². The average molecular weight is 384 g/mol. The summed E-state index contributed by atoms with van der Waals surface area (Å²) in [6, 6.07) is 6.49. The highest BCUT2D eigenvalue weighted by Gasteiger charge is 2.34. The molecule has 0 atom stereocenters. The van der Waals surface area contributed by atoms with Crippen LogP contribution in [-0.4, -0.2) is 30.8 Å². The second kappa shape index (κ2) is 6.72. The van der Waals surface area contributed by atoms with Gasteiger partial charge in [-0.15, -0.1) is 0 Å². The highest BCUT2D eigenvalue weighted by molar-refractivity contribution is 6.10. The van der Waals surface area contributed by atoms with E-state index in [9.17, 15) is 18.0 Å². The van der Waals surface area contributed by atoms with Gasteiger partial charge in [0.05, 0.1) is 22.8 Å². The molecule has 0 aliphatic heterocycles. The molecule has 2 N–H and O–H groups in total. The number of carbonyl (C=O) groups excluding carboxylic acids is 1. The van der Waals surface area contributed by atoms with Gasteiger partial charge < -0.3 is 10.3 Å². The van der Waals surface area contributed by atoms with E-state index in [2.05, 4.69) is 30.2 Å². The van der Waals surface area contributed by atoms with Gasteiger partial charge in [0.2, 0.25) is 0 Å². The minimum atomic E-state index is -4.55. The monoisotopic (exact) mass is 384 g/mol. The molecule has 28 heavy (non-hydrogen) atoms. The zero-order valence-electron chi connectivity index (χ0n) is 14.0. The van der Waals surface area contributed by atoms with E-state index in [0.29, 0.717) is 0 Å². The fourth-order valence-corrected chi connectivity index (χ4v) is 2.71. The van der Waals surface area contributed by atoms with Gasteiger partial charge in [0.15, 0.2) is 11.5 Å². The van der Waals surface area contributed by atoms with Crippen LogP contribution >= 0.6 is 0 Å². The van der Waals surface area contributed by atoms with Gasteiger partial charge in [-0.05, 0) is 12.1 Å². The normalized spacial score (nSPS) is 11.5. The van der Waals surface area contributed by atoms with Gasteiger partial charge in [-0.25, -0.2) is 15.0 Å². The van der Waals surface area contributed by atoms with E-state index < -0.39 is 17.6 Å². The number of nitrogens with zero attached hydrogens (tertiary/aromatic N) is 4. The van der Waals surface area contributed by atoms with Crippen LogP contribution in [0.5, 0.6) is 0 Å². The van der Waals surface area contributed by atoms with Crippen molar-refractivity contribution in [2.24, 2.45) is 0 Å². The number of hydrogen-bond acceptors (Lipinski definition) is 5. The summed E-state index contributed by atoms with van der Waals surface area (Å²) in [5.74, 6) is -0.318. The van der Waals surface area contributed by atoms with Gasteiger partial charge in [0.25, 0.3) is 5.91 Å². The number of nitrogens with one attached hydrogen (secondary N) is 2. The van der Waals surface area contributed by atoms with E-state index in [0.717, 1.165) is 6.07 Å². The molecule has 0 aliphatic rings. The number of pyridine rings is 1. The van der Waals surface area contributed by atoms with E-state index in [4.69, 9.17) is 0 Å².